The number of hydrogen-bond acceptors (Lipinski definition) is 3. The molecule has 1 aliphatic rings. The van der Waals surface area contributed by atoms with E-state index in [0.717, 1.165) is 9.87 Å². The fraction of sp³-hybridized carbons (Fsp3) is 0.167. The Morgan fingerprint density at radius 2 is 1.88 bits per heavy atom. The highest BCUT2D eigenvalue weighted by Gasteiger charge is 2.40. The van der Waals surface area contributed by atoms with Crippen LogP contribution in [0.1, 0.15) is 22.7 Å². The summed E-state index contributed by atoms with van der Waals surface area (Å²) in [6.07, 6.45) is 1.12. The van der Waals surface area contributed by atoms with E-state index in [0.29, 0.717) is 5.56 Å². The van der Waals surface area contributed by atoms with Crippen LogP contribution < -0.4 is 0 Å². The average Bonchev–Trinajstić information content (AvgIpc) is 2.53. The van der Waals surface area contributed by atoms with Gasteiger partial charge in [-0.05, 0) is 30.7 Å². The lowest BCUT2D eigenvalue weighted by Gasteiger charge is -2.34. The lowest BCUT2D eigenvalue weighted by Crippen LogP contribution is -2.44. The molecule has 0 radical (unpaired) electrons. The molecule has 1 aliphatic heterocycles. The summed E-state index contributed by atoms with van der Waals surface area (Å²) in [6.45, 7) is 5.44. The van der Waals surface area contributed by atoms with E-state index in [1.807, 2.05) is 6.92 Å². The topological polar surface area (TPSA) is 54.5 Å². The highest BCUT2D eigenvalue weighted by atomic mass is 32.2. The van der Waals surface area contributed by atoms with E-state index in [-0.39, 0.29) is 16.9 Å². The molecule has 2 aromatic carbocycles. The molecular formula is C18H16FNO3S. The number of carbonyl (C=O) groups is 1. The van der Waals surface area contributed by atoms with Crippen LogP contribution in [0.3, 0.4) is 0 Å². The molecule has 6 heteroatoms. The number of aryl methyl sites for hydroxylation is 1. The van der Waals surface area contributed by atoms with Gasteiger partial charge >= 0.3 is 0 Å². The first-order valence-corrected chi connectivity index (χ1v) is 8.84. The Morgan fingerprint density at radius 1 is 1.21 bits per heavy atom. The summed E-state index contributed by atoms with van der Waals surface area (Å²) in [5, 5.41) is 0. The van der Waals surface area contributed by atoms with Gasteiger partial charge in [0.2, 0.25) is 5.91 Å². The quantitative estimate of drug-likeness (QED) is 0.803. The Labute approximate surface area is 140 Å². The van der Waals surface area contributed by atoms with Crippen molar-refractivity contribution in [3.8, 4) is 0 Å². The molecule has 1 unspecified atom stereocenters. The summed E-state index contributed by atoms with van der Waals surface area (Å²) in [4.78, 5) is 12.5. The molecule has 124 valence electrons. The SMILES string of the molecule is C=CC1c2c(F)cccc2CC(=O)N1S(=O)(=O)c1ccc(C)cc1. The van der Waals surface area contributed by atoms with Gasteiger partial charge in [0.25, 0.3) is 10.0 Å². The van der Waals surface area contributed by atoms with Crippen LogP contribution >= 0.6 is 0 Å². The van der Waals surface area contributed by atoms with Gasteiger partial charge in [-0.2, -0.15) is 0 Å². The van der Waals surface area contributed by atoms with E-state index in [1.54, 1.807) is 18.2 Å². The van der Waals surface area contributed by atoms with Crippen LogP contribution in [0.25, 0.3) is 0 Å². The number of fused-ring (bicyclic) bond motifs is 1. The van der Waals surface area contributed by atoms with Gasteiger partial charge in [0.15, 0.2) is 0 Å². The molecule has 3 rings (SSSR count). The number of benzene rings is 2. The molecule has 1 heterocycles. The van der Waals surface area contributed by atoms with Gasteiger partial charge in [-0.3, -0.25) is 4.79 Å². The van der Waals surface area contributed by atoms with Crippen LogP contribution in [-0.2, 0) is 21.2 Å². The Hall–Kier alpha value is -2.47. The number of amides is 1. The molecule has 0 N–H and O–H groups in total. The molecule has 1 atom stereocenters. The Morgan fingerprint density at radius 3 is 2.50 bits per heavy atom. The van der Waals surface area contributed by atoms with Gasteiger partial charge in [0, 0.05) is 5.56 Å². The molecule has 24 heavy (non-hydrogen) atoms. The molecular weight excluding hydrogens is 329 g/mol. The van der Waals surface area contributed by atoms with Crippen LogP contribution in [0.2, 0.25) is 0 Å². The van der Waals surface area contributed by atoms with Crippen molar-refractivity contribution in [2.75, 3.05) is 0 Å². The van der Waals surface area contributed by atoms with Crippen molar-refractivity contribution in [1.29, 1.82) is 0 Å². The number of hydrogen-bond donors (Lipinski definition) is 0. The van der Waals surface area contributed by atoms with Gasteiger partial charge in [-0.1, -0.05) is 35.9 Å². The summed E-state index contributed by atoms with van der Waals surface area (Å²) in [6, 6.07) is 9.51. The van der Waals surface area contributed by atoms with Crippen molar-refractivity contribution in [3.63, 3.8) is 0 Å². The van der Waals surface area contributed by atoms with Crippen LogP contribution in [-0.4, -0.2) is 18.6 Å². The maximum absolute atomic E-state index is 14.3. The van der Waals surface area contributed by atoms with E-state index in [1.165, 1.54) is 30.3 Å². The predicted octanol–water partition coefficient (Wildman–Crippen LogP) is 3.13. The van der Waals surface area contributed by atoms with E-state index in [9.17, 15) is 17.6 Å². The zero-order valence-corrected chi connectivity index (χ0v) is 13.9. The number of rotatable bonds is 3. The summed E-state index contributed by atoms with van der Waals surface area (Å²) in [5.41, 5.74) is 1.57. The smallest absolute Gasteiger partial charge is 0.267 e. The van der Waals surface area contributed by atoms with Crippen molar-refractivity contribution in [2.45, 2.75) is 24.3 Å². The molecule has 0 bridgehead atoms. The van der Waals surface area contributed by atoms with E-state index < -0.39 is 27.8 Å². The second-order valence-corrected chi connectivity index (χ2v) is 7.49. The van der Waals surface area contributed by atoms with Gasteiger partial charge < -0.3 is 0 Å². The minimum absolute atomic E-state index is 0.00640. The first kappa shape index (κ1) is 16.4. The molecule has 0 spiro atoms. The Balaban J connectivity index is 2.16. The van der Waals surface area contributed by atoms with Crippen molar-refractivity contribution < 1.29 is 17.6 Å². The summed E-state index contributed by atoms with van der Waals surface area (Å²) in [7, 11) is -4.10. The monoisotopic (exact) mass is 345 g/mol. The first-order valence-electron chi connectivity index (χ1n) is 7.40. The normalized spacial score (nSPS) is 17.5. The maximum Gasteiger partial charge on any atom is 0.267 e. The van der Waals surface area contributed by atoms with Crippen molar-refractivity contribution in [3.05, 3.63) is 77.6 Å². The first-order chi connectivity index (χ1) is 11.4. The molecule has 0 aliphatic carbocycles. The van der Waals surface area contributed by atoms with Crippen LogP contribution in [0.15, 0.2) is 60.0 Å². The molecule has 0 fully saturated rings. The molecule has 1 amide bonds. The number of sulfonamides is 1. The van der Waals surface area contributed by atoms with Gasteiger partial charge in [0.05, 0.1) is 17.4 Å². The molecule has 4 nitrogen and oxygen atoms in total. The van der Waals surface area contributed by atoms with Crippen LogP contribution in [0.5, 0.6) is 0 Å². The average molecular weight is 345 g/mol. The third-order valence-corrected chi connectivity index (χ3v) is 5.90. The number of halogens is 1. The lowest BCUT2D eigenvalue weighted by molar-refractivity contribution is -0.127. The zero-order valence-electron chi connectivity index (χ0n) is 13.1. The van der Waals surface area contributed by atoms with Crippen molar-refractivity contribution >= 4 is 15.9 Å². The Kier molecular flexibility index (Phi) is 4.01. The van der Waals surface area contributed by atoms with Gasteiger partial charge in [0.1, 0.15) is 5.82 Å². The van der Waals surface area contributed by atoms with Crippen LogP contribution in [0, 0.1) is 12.7 Å². The second kappa shape index (κ2) is 5.87. The largest absolute Gasteiger partial charge is 0.273 e. The highest BCUT2D eigenvalue weighted by Crippen LogP contribution is 2.37. The zero-order chi connectivity index (χ0) is 17.5. The third-order valence-electron chi connectivity index (χ3n) is 4.08. The fourth-order valence-corrected chi connectivity index (χ4v) is 4.43. The predicted molar refractivity (Wildman–Crippen MR) is 88.3 cm³/mol. The van der Waals surface area contributed by atoms with Gasteiger partial charge in [-0.15, -0.1) is 6.58 Å². The summed E-state index contributed by atoms with van der Waals surface area (Å²) >= 11 is 0. The van der Waals surface area contributed by atoms with Gasteiger partial charge in [-0.25, -0.2) is 17.1 Å². The second-order valence-electron chi connectivity index (χ2n) is 5.68. The van der Waals surface area contributed by atoms with E-state index in [4.69, 9.17) is 0 Å². The summed E-state index contributed by atoms with van der Waals surface area (Å²) < 4.78 is 40.9. The molecule has 0 saturated heterocycles. The molecule has 0 saturated carbocycles. The maximum atomic E-state index is 14.3. The van der Waals surface area contributed by atoms with Crippen LogP contribution in [0.4, 0.5) is 4.39 Å². The number of carbonyl (C=O) groups excluding carboxylic acids is 1. The number of nitrogens with zero attached hydrogens (tertiary/aromatic N) is 1. The minimum Gasteiger partial charge on any atom is -0.273 e. The van der Waals surface area contributed by atoms with E-state index >= 15 is 0 Å². The van der Waals surface area contributed by atoms with E-state index in [2.05, 4.69) is 6.58 Å². The molecule has 2 aromatic rings. The van der Waals surface area contributed by atoms with Crippen molar-refractivity contribution in [1.82, 2.24) is 4.31 Å². The standard InChI is InChI=1S/C18H16FNO3S/c1-3-16-18-13(5-4-6-15(18)19)11-17(21)20(16)24(22,23)14-9-7-12(2)8-10-14/h3-10,16H,1,11H2,2H3. The summed E-state index contributed by atoms with van der Waals surface area (Å²) in [5.74, 6) is -1.15. The van der Waals surface area contributed by atoms with Crippen molar-refractivity contribution in [2.24, 2.45) is 0 Å². The fourth-order valence-electron chi connectivity index (χ4n) is 2.90. The lowest BCUT2D eigenvalue weighted by atomic mass is 9.93. The Bertz CT molecular complexity index is 920. The minimum atomic E-state index is -4.10. The highest BCUT2D eigenvalue weighted by molar-refractivity contribution is 7.89. The third kappa shape index (κ3) is 2.53. The molecule has 0 aromatic heterocycles.